The monoisotopic (exact) mass is 346 g/mol. The van der Waals surface area contributed by atoms with Crippen molar-refractivity contribution >= 4 is 40.9 Å². The molecule has 1 aliphatic rings. The molecular formula is C15H20Cl2N2OS. The first-order valence-corrected chi connectivity index (χ1v) is 9.04. The first kappa shape index (κ1) is 16.9. The molecule has 116 valence electrons. The van der Waals surface area contributed by atoms with E-state index in [1.165, 1.54) is 0 Å². The average molecular weight is 347 g/mol. The van der Waals surface area contributed by atoms with Crippen LogP contribution in [0.2, 0.25) is 10.0 Å². The lowest BCUT2D eigenvalue weighted by Crippen LogP contribution is -2.42. The molecule has 2 rings (SSSR count). The number of rotatable bonds is 5. The SMILES string of the molecule is CCN(Cc1ccc(Cl)c(Cl)c1)C(=O)CC1CSCCN1. The van der Waals surface area contributed by atoms with Gasteiger partial charge in [0.1, 0.15) is 0 Å². The normalized spacial score (nSPS) is 18.5. The largest absolute Gasteiger partial charge is 0.339 e. The van der Waals surface area contributed by atoms with E-state index < -0.39 is 0 Å². The number of hydrogen-bond donors (Lipinski definition) is 1. The number of hydrogen-bond acceptors (Lipinski definition) is 3. The Hall–Kier alpha value is -0.420. The first-order valence-electron chi connectivity index (χ1n) is 7.13. The molecule has 1 fully saturated rings. The molecule has 1 heterocycles. The van der Waals surface area contributed by atoms with E-state index in [-0.39, 0.29) is 5.91 Å². The van der Waals surface area contributed by atoms with Gasteiger partial charge in [-0.3, -0.25) is 4.79 Å². The molecule has 1 aromatic carbocycles. The van der Waals surface area contributed by atoms with Crippen LogP contribution in [0.4, 0.5) is 0 Å². The lowest BCUT2D eigenvalue weighted by Gasteiger charge is -2.27. The molecule has 3 nitrogen and oxygen atoms in total. The highest BCUT2D eigenvalue weighted by Gasteiger charge is 2.20. The summed E-state index contributed by atoms with van der Waals surface area (Å²) < 4.78 is 0. The van der Waals surface area contributed by atoms with Crippen LogP contribution in [0.5, 0.6) is 0 Å². The first-order chi connectivity index (χ1) is 10.1. The quantitative estimate of drug-likeness (QED) is 0.886. The Bertz CT molecular complexity index is 493. The van der Waals surface area contributed by atoms with E-state index in [1.54, 1.807) is 6.07 Å². The van der Waals surface area contributed by atoms with Crippen LogP contribution in [0.25, 0.3) is 0 Å². The van der Waals surface area contributed by atoms with Crippen molar-refractivity contribution in [1.29, 1.82) is 0 Å². The molecule has 0 aromatic heterocycles. The van der Waals surface area contributed by atoms with E-state index in [0.717, 1.165) is 23.6 Å². The molecule has 0 aliphatic carbocycles. The Morgan fingerprint density at radius 2 is 2.24 bits per heavy atom. The molecule has 0 saturated carbocycles. The number of nitrogens with one attached hydrogen (secondary N) is 1. The average Bonchev–Trinajstić information content (AvgIpc) is 2.49. The zero-order valence-corrected chi connectivity index (χ0v) is 14.4. The molecule has 1 aromatic rings. The van der Waals surface area contributed by atoms with Crippen LogP contribution in [-0.2, 0) is 11.3 Å². The Kier molecular flexibility index (Phi) is 6.68. The molecule has 6 heteroatoms. The van der Waals surface area contributed by atoms with Gasteiger partial charge in [-0.25, -0.2) is 0 Å². The van der Waals surface area contributed by atoms with Crippen molar-refractivity contribution in [3.8, 4) is 0 Å². The molecular weight excluding hydrogens is 327 g/mol. The molecule has 21 heavy (non-hydrogen) atoms. The van der Waals surface area contributed by atoms with Crippen molar-refractivity contribution < 1.29 is 4.79 Å². The molecule has 0 bridgehead atoms. The van der Waals surface area contributed by atoms with Crippen LogP contribution in [0.15, 0.2) is 18.2 Å². The second kappa shape index (κ2) is 8.28. The van der Waals surface area contributed by atoms with Gasteiger partial charge in [0.2, 0.25) is 5.91 Å². The third kappa shape index (κ3) is 5.06. The minimum Gasteiger partial charge on any atom is -0.339 e. The summed E-state index contributed by atoms with van der Waals surface area (Å²) >= 11 is 13.9. The van der Waals surface area contributed by atoms with Gasteiger partial charge in [0.25, 0.3) is 0 Å². The van der Waals surface area contributed by atoms with E-state index in [0.29, 0.717) is 35.6 Å². The zero-order valence-electron chi connectivity index (χ0n) is 12.1. The van der Waals surface area contributed by atoms with Gasteiger partial charge >= 0.3 is 0 Å². The summed E-state index contributed by atoms with van der Waals surface area (Å²) in [5, 5.41) is 4.47. The fourth-order valence-corrected chi connectivity index (χ4v) is 3.60. The molecule has 1 unspecified atom stereocenters. The summed E-state index contributed by atoms with van der Waals surface area (Å²) in [6.07, 6.45) is 0.558. The van der Waals surface area contributed by atoms with Gasteiger partial charge in [-0.05, 0) is 24.6 Å². The van der Waals surface area contributed by atoms with Crippen LogP contribution in [0.1, 0.15) is 18.9 Å². The number of nitrogens with zero attached hydrogens (tertiary/aromatic N) is 1. The number of carbonyl (C=O) groups excluding carboxylic acids is 1. The third-order valence-corrected chi connectivity index (χ3v) is 5.38. The van der Waals surface area contributed by atoms with Crippen LogP contribution in [0.3, 0.4) is 0 Å². The van der Waals surface area contributed by atoms with E-state index in [2.05, 4.69) is 5.32 Å². The van der Waals surface area contributed by atoms with Crippen LogP contribution < -0.4 is 5.32 Å². The highest BCUT2D eigenvalue weighted by Crippen LogP contribution is 2.23. The number of halogens is 2. The Balaban J connectivity index is 1.94. The van der Waals surface area contributed by atoms with Gasteiger partial charge in [0.15, 0.2) is 0 Å². The van der Waals surface area contributed by atoms with E-state index in [9.17, 15) is 4.79 Å². The maximum atomic E-state index is 12.4. The highest BCUT2D eigenvalue weighted by molar-refractivity contribution is 7.99. The zero-order chi connectivity index (χ0) is 15.2. The summed E-state index contributed by atoms with van der Waals surface area (Å²) in [6, 6.07) is 5.81. The second-order valence-corrected chi connectivity index (χ2v) is 7.05. The van der Waals surface area contributed by atoms with Crippen molar-refractivity contribution in [2.24, 2.45) is 0 Å². The van der Waals surface area contributed by atoms with Crippen molar-refractivity contribution in [3.63, 3.8) is 0 Å². The lowest BCUT2D eigenvalue weighted by atomic mass is 10.1. The van der Waals surface area contributed by atoms with Gasteiger partial charge in [-0.2, -0.15) is 11.8 Å². The number of benzene rings is 1. The smallest absolute Gasteiger partial charge is 0.224 e. The standard InChI is InChI=1S/C15H20Cl2N2OS/c1-2-19(9-11-3-4-13(16)14(17)7-11)15(20)8-12-10-21-6-5-18-12/h3-4,7,12,18H,2,5-6,8-10H2,1H3. The molecule has 1 aliphatic heterocycles. The fourth-order valence-electron chi connectivity index (χ4n) is 2.33. The van der Waals surface area contributed by atoms with Gasteiger partial charge in [0.05, 0.1) is 10.0 Å². The van der Waals surface area contributed by atoms with E-state index in [1.807, 2.05) is 35.7 Å². The highest BCUT2D eigenvalue weighted by atomic mass is 35.5. The Morgan fingerprint density at radius 1 is 1.43 bits per heavy atom. The number of carbonyl (C=O) groups is 1. The Morgan fingerprint density at radius 3 is 2.86 bits per heavy atom. The minimum absolute atomic E-state index is 0.184. The molecule has 1 saturated heterocycles. The van der Waals surface area contributed by atoms with E-state index >= 15 is 0 Å². The summed E-state index contributed by atoms with van der Waals surface area (Å²) in [7, 11) is 0. The summed E-state index contributed by atoms with van der Waals surface area (Å²) in [4.78, 5) is 14.3. The third-order valence-electron chi connectivity index (χ3n) is 3.51. The molecule has 1 N–H and O–H groups in total. The molecule has 0 radical (unpaired) electrons. The van der Waals surface area contributed by atoms with Crippen LogP contribution in [0, 0.1) is 0 Å². The van der Waals surface area contributed by atoms with Gasteiger partial charge in [-0.15, -0.1) is 0 Å². The van der Waals surface area contributed by atoms with Crippen molar-refractivity contribution in [2.75, 3.05) is 24.6 Å². The van der Waals surface area contributed by atoms with E-state index in [4.69, 9.17) is 23.2 Å². The second-order valence-electron chi connectivity index (χ2n) is 5.09. The van der Waals surface area contributed by atoms with Crippen molar-refractivity contribution in [1.82, 2.24) is 10.2 Å². The molecule has 1 amide bonds. The van der Waals surface area contributed by atoms with Crippen LogP contribution in [-0.4, -0.2) is 41.4 Å². The van der Waals surface area contributed by atoms with Crippen molar-refractivity contribution in [3.05, 3.63) is 33.8 Å². The Labute approximate surface area is 140 Å². The maximum Gasteiger partial charge on any atom is 0.224 e. The van der Waals surface area contributed by atoms with Crippen LogP contribution >= 0.6 is 35.0 Å². The minimum atomic E-state index is 0.184. The maximum absolute atomic E-state index is 12.4. The number of thioether (sulfide) groups is 1. The predicted molar refractivity (Wildman–Crippen MR) is 91.3 cm³/mol. The van der Waals surface area contributed by atoms with Gasteiger partial charge in [-0.1, -0.05) is 29.3 Å². The fraction of sp³-hybridized carbons (Fsp3) is 0.533. The molecule has 0 spiro atoms. The topological polar surface area (TPSA) is 32.3 Å². The number of amides is 1. The van der Waals surface area contributed by atoms with Gasteiger partial charge < -0.3 is 10.2 Å². The summed E-state index contributed by atoms with van der Waals surface area (Å²) in [6.45, 7) is 4.25. The summed E-state index contributed by atoms with van der Waals surface area (Å²) in [5.74, 6) is 2.32. The van der Waals surface area contributed by atoms with Crippen molar-refractivity contribution in [2.45, 2.75) is 25.9 Å². The predicted octanol–water partition coefficient (Wildman–Crippen LogP) is 3.44. The van der Waals surface area contributed by atoms with Gasteiger partial charge in [0, 0.05) is 43.6 Å². The molecule has 1 atom stereocenters. The summed E-state index contributed by atoms with van der Waals surface area (Å²) in [5.41, 5.74) is 1.01. The lowest BCUT2D eigenvalue weighted by molar-refractivity contribution is -0.132.